The third kappa shape index (κ3) is 5.59. The van der Waals surface area contributed by atoms with E-state index in [1.165, 1.54) is 0 Å². The molecule has 0 heterocycles. The van der Waals surface area contributed by atoms with Crippen LogP contribution in [-0.4, -0.2) is 36.8 Å². The van der Waals surface area contributed by atoms with Crippen LogP contribution in [0.25, 0.3) is 0 Å². The van der Waals surface area contributed by atoms with Crippen LogP contribution in [0.4, 0.5) is 5.69 Å². The third-order valence-electron chi connectivity index (χ3n) is 4.32. The van der Waals surface area contributed by atoms with Crippen molar-refractivity contribution >= 4 is 34.6 Å². The number of hydrogen-bond acceptors (Lipinski definition) is 3. The van der Waals surface area contributed by atoms with Gasteiger partial charge in [-0.25, -0.2) is 0 Å². The summed E-state index contributed by atoms with van der Waals surface area (Å²) >= 11 is 11.9. The maximum absolute atomic E-state index is 6.44. The van der Waals surface area contributed by atoms with Crippen molar-refractivity contribution in [3.8, 4) is 5.75 Å². The van der Waals surface area contributed by atoms with Crippen LogP contribution in [0.1, 0.15) is 25.5 Å². The number of benzene rings is 2. The molecule has 2 N–H and O–H groups in total. The van der Waals surface area contributed by atoms with Crippen LogP contribution in [0.15, 0.2) is 48.5 Å². The Morgan fingerprint density at radius 1 is 1.12 bits per heavy atom. The summed E-state index contributed by atoms with van der Waals surface area (Å²) in [6.45, 7) is 6.86. The number of rotatable bonds is 8. The smallest absolute Gasteiger partial charge is 0.170 e. The fraction of sp³-hybridized carbons (Fsp3) is 0.350. The van der Waals surface area contributed by atoms with Crippen molar-refractivity contribution in [1.82, 2.24) is 10.2 Å². The lowest BCUT2D eigenvalue weighted by Gasteiger charge is -2.31. The first kappa shape index (κ1) is 20.5. The number of likely N-dealkylation sites (N-methyl/N-ethyl adjacent to an activating group) is 1. The molecule has 0 aromatic heterocycles. The Balaban J connectivity index is 2.03. The number of nitrogens with one attached hydrogen (secondary N) is 2. The van der Waals surface area contributed by atoms with Gasteiger partial charge in [0.2, 0.25) is 0 Å². The van der Waals surface area contributed by atoms with E-state index in [1.807, 2.05) is 42.5 Å². The summed E-state index contributed by atoms with van der Waals surface area (Å²) in [6.07, 6.45) is 0. The molecule has 2 rings (SSSR count). The van der Waals surface area contributed by atoms with E-state index in [2.05, 4.69) is 35.4 Å². The number of hydrogen-bond donors (Lipinski definition) is 2. The van der Waals surface area contributed by atoms with Gasteiger partial charge in [-0.3, -0.25) is 4.90 Å². The zero-order valence-electron chi connectivity index (χ0n) is 15.5. The summed E-state index contributed by atoms with van der Waals surface area (Å²) in [5, 5.41) is 7.89. The highest BCUT2D eigenvalue weighted by Crippen LogP contribution is 2.27. The van der Waals surface area contributed by atoms with Crippen LogP contribution >= 0.6 is 23.8 Å². The molecular weight excluding hydrogens is 366 g/mol. The summed E-state index contributed by atoms with van der Waals surface area (Å²) in [7, 11) is 1.65. The fourth-order valence-corrected chi connectivity index (χ4v) is 3.35. The predicted molar refractivity (Wildman–Crippen MR) is 114 cm³/mol. The topological polar surface area (TPSA) is 36.5 Å². The minimum absolute atomic E-state index is 0.148. The van der Waals surface area contributed by atoms with Gasteiger partial charge in [0.15, 0.2) is 5.11 Å². The van der Waals surface area contributed by atoms with Gasteiger partial charge in [-0.15, -0.1) is 0 Å². The predicted octanol–water partition coefficient (Wildman–Crippen LogP) is 4.72. The Bertz CT molecular complexity index is 704. The Kier molecular flexibility index (Phi) is 8.16. The van der Waals surface area contributed by atoms with E-state index in [0.717, 1.165) is 35.1 Å². The Morgan fingerprint density at radius 3 is 2.35 bits per heavy atom. The van der Waals surface area contributed by atoms with Crippen LogP contribution in [0.2, 0.25) is 5.02 Å². The lowest BCUT2D eigenvalue weighted by atomic mass is 10.0. The van der Waals surface area contributed by atoms with Gasteiger partial charge in [0.1, 0.15) is 5.75 Å². The van der Waals surface area contributed by atoms with Gasteiger partial charge in [-0.1, -0.05) is 43.6 Å². The van der Waals surface area contributed by atoms with Gasteiger partial charge in [-0.05, 0) is 61.2 Å². The molecule has 4 nitrogen and oxygen atoms in total. The molecule has 2 aromatic rings. The van der Waals surface area contributed by atoms with E-state index in [0.29, 0.717) is 11.7 Å². The van der Waals surface area contributed by atoms with E-state index in [9.17, 15) is 0 Å². The number of anilines is 1. The van der Waals surface area contributed by atoms with Crippen LogP contribution in [0.5, 0.6) is 5.75 Å². The Labute approximate surface area is 166 Å². The van der Waals surface area contributed by atoms with Gasteiger partial charge < -0.3 is 15.4 Å². The highest BCUT2D eigenvalue weighted by molar-refractivity contribution is 7.80. The second-order valence-corrected chi connectivity index (χ2v) is 6.64. The second-order valence-electron chi connectivity index (χ2n) is 5.82. The van der Waals surface area contributed by atoms with Crippen LogP contribution in [0, 0.1) is 0 Å². The van der Waals surface area contributed by atoms with E-state index < -0.39 is 0 Å². The molecule has 0 aliphatic carbocycles. The average molecular weight is 392 g/mol. The second kappa shape index (κ2) is 10.4. The molecule has 1 atom stereocenters. The largest absolute Gasteiger partial charge is 0.497 e. The highest BCUT2D eigenvalue weighted by atomic mass is 35.5. The van der Waals surface area contributed by atoms with Crippen molar-refractivity contribution in [3.63, 3.8) is 0 Å². The first-order valence-corrected chi connectivity index (χ1v) is 9.55. The fourth-order valence-electron chi connectivity index (χ4n) is 2.88. The molecule has 0 bridgehead atoms. The summed E-state index contributed by atoms with van der Waals surface area (Å²) in [5.41, 5.74) is 2.03. The minimum atomic E-state index is 0.148. The maximum Gasteiger partial charge on any atom is 0.170 e. The van der Waals surface area contributed by atoms with Crippen LogP contribution < -0.4 is 15.4 Å². The number of thiocarbonyl (C=S) groups is 1. The first-order chi connectivity index (χ1) is 12.6. The lowest BCUT2D eigenvalue weighted by molar-refractivity contribution is 0.219. The molecule has 26 heavy (non-hydrogen) atoms. The number of nitrogens with zero attached hydrogens (tertiary/aromatic N) is 1. The van der Waals surface area contributed by atoms with Crippen molar-refractivity contribution < 1.29 is 4.74 Å². The Hall–Kier alpha value is -1.82. The molecular formula is C20H26ClN3OS. The van der Waals surface area contributed by atoms with Crippen molar-refractivity contribution in [2.75, 3.05) is 32.1 Å². The van der Waals surface area contributed by atoms with E-state index in [-0.39, 0.29) is 6.04 Å². The average Bonchev–Trinajstić information content (AvgIpc) is 2.66. The first-order valence-electron chi connectivity index (χ1n) is 8.76. The lowest BCUT2D eigenvalue weighted by Crippen LogP contribution is -2.39. The molecule has 140 valence electrons. The molecule has 0 radical (unpaired) electrons. The molecule has 0 aliphatic rings. The summed E-state index contributed by atoms with van der Waals surface area (Å²) in [4.78, 5) is 2.37. The molecule has 6 heteroatoms. The van der Waals surface area contributed by atoms with Crippen molar-refractivity contribution in [2.45, 2.75) is 19.9 Å². The monoisotopic (exact) mass is 391 g/mol. The summed E-state index contributed by atoms with van der Waals surface area (Å²) in [5.74, 6) is 0.815. The minimum Gasteiger partial charge on any atom is -0.497 e. The van der Waals surface area contributed by atoms with E-state index >= 15 is 0 Å². The molecule has 0 unspecified atom stereocenters. The highest BCUT2D eigenvalue weighted by Gasteiger charge is 2.20. The zero-order valence-corrected chi connectivity index (χ0v) is 17.0. The van der Waals surface area contributed by atoms with Gasteiger partial charge in [-0.2, -0.15) is 0 Å². The molecule has 0 fully saturated rings. The van der Waals surface area contributed by atoms with Gasteiger partial charge >= 0.3 is 0 Å². The summed E-state index contributed by atoms with van der Waals surface area (Å²) < 4.78 is 5.17. The SMILES string of the molecule is CCN(CC)[C@@H](CNC(=S)Nc1ccc(OC)cc1)c1ccccc1Cl. The quantitative estimate of drug-likeness (QED) is 0.637. The number of ether oxygens (including phenoxy) is 1. The molecule has 0 amide bonds. The number of halogens is 1. The van der Waals surface area contributed by atoms with Gasteiger partial charge in [0.05, 0.1) is 13.2 Å². The van der Waals surface area contributed by atoms with Gasteiger partial charge in [0, 0.05) is 17.3 Å². The normalized spacial score (nSPS) is 11.9. The van der Waals surface area contributed by atoms with Crippen molar-refractivity contribution in [3.05, 3.63) is 59.1 Å². The van der Waals surface area contributed by atoms with Crippen LogP contribution in [-0.2, 0) is 0 Å². The van der Waals surface area contributed by atoms with Gasteiger partial charge in [0.25, 0.3) is 0 Å². The number of methoxy groups -OCH3 is 1. The molecule has 0 saturated carbocycles. The summed E-state index contributed by atoms with van der Waals surface area (Å²) in [6, 6.07) is 15.8. The maximum atomic E-state index is 6.44. The van der Waals surface area contributed by atoms with E-state index in [4.69, 9.17) is 28.6 Å². The molecule has 2 aromatic carbocycles. The molecule has 0 aliphatic heterocycles. The molecule has 0 spiro atoms. The van der Waals surface area contributed by atoms with Crippen molar-refractivity contribution in [1.29, 1.82) is 0 Å². The van der Waals surface area contributed by atoms with Crippen molar-refractivity contribution in [2.24, 2.45) is 0 Å². The molecule has 0 saturated heterocycles. The zero-order chi connectivity index (χ0) is 18.9. The van der Waals surface area contributed by atoms with Crippen LogP contribution in [0.3, 0.4) is 0 Å². The van der Waals surface area contributed by atoms with E-state index in [1.54, 1.807) is 7.11 Å². The Morgan fingerprint density at radius 2 is 1.77 bits per heavy atom. The standard InChI is InChI=1S/C20H26ClN3OS/c1-4-24(5-2)19(17-8-6-7-9-18(17)21)14-22-20(26)23-15-10-12-16(25-3)13-11-15/h6-13,19H,4-5,14H2,1-3H3,(H2,22,23,26)/t19-/m0/s1. The third-order valence-corrected chi connectivity index (χ3v) is 4.91.